The summed E-state index contributed by atoms with van der Waals surface area (Å²) in [4.78, 5) is 23.1. The molecule has 0 aliphatic rings. The maximum Gasteiger partial charge on any atom is 0.312 e. The molecule has 2 heterocycles. The maximum atomic E-state index is 12.4. The molecular weight excluding hydrogens is 324 g/mol. The minimum Gasteiger partial charge on any atom is -0.348 e. The molecule has 2 aromatic heterocycles. The first kappa shape index (κ1) is 18.6. The molecule has 9 nitrogen and oxygen atoms in total. The van der Waals surface area contributed by atoms with Crippen molar-refractivity contribution in [2.24, 2.45) is 5.92 Å². The van der Waals surface area contributed by atoms with Gasteiger partial charge in [-0.15, -0.1) is 0 Å². The predicted molar refractivity (Wildman–Crippen MR) is 92.0 cm³/mol. The summed E-state index contributed by atoms with van der Waals surface area (Å²) in [5.74, 6) is -0.526. The normalized spacial score (nSPS) is 13.5. The quantitative estimate of drug-likeness (QED) is 0.609. The van der Waals surface area contributed by atoms with E-state index in [1.165, 1.54) is 4.68 Å². The van der Waals surface area contributed by atoms with Crippen LogP contribution in [-0.2, 0) is 17.9 Å². The number of hydrogen-bond donors (Lipinski definition) is 1. The number of aromatic nitrogens is 4. The second-order valence-electron chi connectivity index (χ2n) is 6.19. The van der Waals surface area contributed by atoms with E-state index in [2.05, 4.69) is 15.5 Å². The van der Waals surface area contributed by atoms with Crippen LogP contribution in [0.4, 0.5) is 5.69 Å². The van der Waals surface area contributed by atoms with Gasteiger partial charge in [-0.25, -0.2) is 0 Å². The van der Waals surface area contributed by atoms with E-state index in [9.17, 15) is 14.9 Å². The average molecular weight is 348 g/mol. The minimum absolute atomic E-state index is 0.00563. The number of nitrogens with one attached hydrogen (secondary N) is 1. The molecule has 0 spiro atoms. The fourth-order valence-corrected chi connectivity index (χ4v) is 2.69. The minimum atomic E-state index is -0.439. The van der Waals surface area contributed by atoms with Gasteiger partial charge in [0.1, 0.15) is 11.4 Å². The lowest BCUT2D eigenvalue weighted by Crippen LogP contribution is -2.34. The third-order valence-corrected chi connectivity index (χ3v) is 4.21. The molecule has 0 radical (unpaired) electrons. The standard InChI is InChI=1S/C16H24N6O3/c1-6-20-8-7-14(19-20)11(3)17-16(23)10(2)9-21-13(5)15(22(24)25)12(4)18-21/h7-8,10-11H,6,9H2,1-5H3,(H,17,23). The van der Waals surface area contributed by atoms with Gasteiger partial charge in [-0.3, -0.25) is 24.3 Å². The van der Waals surface area contributed by atoms with Crippen LogP contribution in [-0.4, -0.2) is 30.4 Å². The first-order valence-corrected chi connectivity index (χ1v) is 8.26. The number of rotatable bonds is 7. The Morgan fingerprint density at radius 1 is 1.36 bits per heavy atom. The second kappa shape index (κ2) is 7.45. The van der Waals surface area contributed by atoms with Crippen LogP contribution in [0.15, 0.2) is 12.3 Å². The molecule has 2 rings (SSSR count). The summed E-state index contributed by atoms with van der Waals surface area (Å²) >= 11 is 0. The highest BCUT2D eigenvalue weighted by Crippen LogP contribution is 2.22. The fraction of sp³-hybridized carbons (Fsp3) is 0.562. The topological polar surface area (TPSA) is 108 Å². The molecule has 0 fully saturated rings. The highest BCUT2D eigenvalue weighted by atomic mass is 16.6. The SMILES string of the molecule is CCn1ccc(C(C)NC(=O)C(C)Cn2nc(C)c([N+](=O)[O-])c2C)n1. The third kappa shape index (κ3) is 4.04. The van der Waals surface area contributed by atoms with Crippen molar-refractivity contribution in [1.82, 2.24) is 24.9 Å². The van der Waals surface area contributed by atoms with E-state index >= 15 is 0 Å². The number of nitrogens with zero attached hydrogens (tertiary/aromatic N) is 5. The Morgan fingerprint density at radius 2 is 2.04 bits per heavy atom. The Hall–Kier alpha value is -2.71. The molecule has 0 aliphatic carbocycles. The summed E-state index contributed by atoms with van der Waals surface area (Å²) in [5.41, 5.74) is 1.61. The highest BCUT2D eigenvalue weighted by Gasteiger charge is 2.24. The second-order valence-corrected chi connectivity index (χ2v) is 6.19. The number of nitro groups is 1. The van der Waals surface area contributed by atoms with Crippen LogP contribution in [0.2, 0.25) is 0 Å². The molecule has 0 saturated carbocycles. The van der Waals surface area contributed by atoms with Gasteiger partial charge in [-0.1, -0.05) is 6.92 Å². The molecule has 0 bridgehead atoms. The first-order valence-electron chi connectivity index (χ1n) is 8.26. The summed E-state index contributed by atoms with van der Waals surface area (Å²) < 4.78 is 3.32. The van der Waals surface area contributed by atoms with Crippen LogP contribution >= 0.6 is 0 Å². The summed E-state index contributed by atoms with van der Waals surface area (Å²) in [6, 6.07) is 1.67. The molecule has 9 heteroatoms. The van der Waals surface area contributed by atoms with Gasteiger partial charge in [-0.05, 0) is 33.8 Å². The van der Waals surface area contributed by atoms with Crippen LogP contribution in [0.25, 0.3) is 0 Å². The number of amides is 1. The van der Waals surface area contributed by atoms with Gasteiger partial charge in [0.15, 0.2) is 0 Å². The summed E-state index contributed by atoms with van der Waals surface area (Å²) in [7, 11) is 0. The number of carbonyl (C=O) groups excluding carboxylic acids is 1. The molecule has 0 saturated heterocycles. The lowest BCUT2D eigenvalue weighted by atomic mass is 10.1. The number of hydrogen-bond acceptors (Lipinski definition) is 5. The van der Waals surface area contributed by atoms with Crippen LogP contribution < -0.4 is 5.32 Å². The van der Waals surface area contributed by atoms with Crippen LogP contribution in [0.1, 0.15) is 43.9 Å². The molecule has 2 atom stereocenters. The fourth-order valence-electron chi connectivity index (χ4n) is 2.69. The molecule has 1 N–H and O–H groups in total. The largest absolute Gasteiger partial charge is 0.348 e. The van der Waals surface area contributed by atoms with Crippen LogP contribution in [0.3, 0.4) is 0 Å². The van der Waals surface area contributed by atoms with E-state index in [0.29, 0.717) is 11.4 Å². The summed E-state index contributed by atoms with van der Waals surface area (Å²) in [5, 5.41) is 22.6. The van der Waals surface area contributed by atoms with E-state index in [1.807, 2.05) is 26.1 Å². The van der Waals surface area contributed by atoms with E-state index < -0.39 is 4.92 Å². The smallest absolute Gasteiger partial charge is 0.312 e. The van der Waals surface area contributed by atoms with Gasteiger partial charge in [-0.2, -0.15) is 10.2 Å². The molecule has 0 aromatic carbocycles. The lowest BCUT2D eigenvalue weighted by Gasteiger charge is -2.16. The summed E-state index contributed by atoms with van der Waals surface area (Å²) in [6.45, 7) is 9.93. The van der Waals surface area contributed by atoms with Crippen molar-refractivity contribution in [2.75, 3.05) is 0 Å². The van der Waals surface area contributed by atoms with Crippen molar-refractivity contribution in [1.29, 1.82) is 0 Å². The molecule has 2 unspecified atom stereocenters. The van der Waals surface area contributed by atoms with E-state index in [1.54, 1.807) is 25.5 Å². The van der Waals surface area contributed by atoms with Gasteiger partial charge in [0.05, 0.1) is 29.1 Å². The Balaban J connectivity index is 2.03. The van der Waals surface area contributed by atoms with Crippen molar-refractivity contribution in [3.8, 4) is 0 Å². The summed E-state index contributed by atoms with van der Waals surface area (Å²) in [6.07, 6.45) is 1.87. The highest BCUT2D eigenvalue weighted by molar-refractivity contribution is 5.78. The zero-order valence-corrected chi connectivity index (χ0v) is 15.2. The van der Waals surface area contributed by atoms with Crippen LogP contribution in [0.5, 0.6) is 0 Å². The average Bonchev–Trinajstić information content (AvgIpc) is 3.12. The van der Waals surface area contributed by atoms with Crippen molar-refractivity contribution in [3.05, 3.63) is 39.5 Å². The lowest BCUT2D eigenvalue weighted by molar-refractivity contribution is -0.386. The van der Waals surface area contributed by atoms with Gasteiger partial charge >= 0.3 is 5.69 Å². The van der Waals surface area contributed by atoms with E-state index in [4.69, 9.17) is 0 Å². The molecule has 2 aromatic rings. The van der Waals surface area contributed by atoms with Crippen LogP contribution in [0, 0.1) is 29.9 Å². The van der Waals surface area contributed by atoms with E-state index in [0.717, 1.165) is 12.2 Å². The molecule has 136 valence electrons. The molecule has 25 heavy (non-hydrogen) atoms. The molecule has 0 aliphatic heterocycles. The number of carbonyl (C=O) groups is 1. The van der Waals surface area contributed by atoms with Gasteiger partial charge < -0.3 is 5.32 Å². The monoisotopic (exact) mass is 348 g/mol. The first-order chi connectivity index (χ1) is 11.7. The molecular formula is C16H24N6O3. The zero-order valence-electron chi connectivity index (χ0n) is 15.2. The maximum absolute atomic E-state index is 12.4. The third-order valence-electron chi connectivity index (χ3n) is 4.21. The van der Waals surface area contributed by atoms with Crippen molar-refractivity contribution >= 4 is 11.6 Å². The Morgan fingerprint density at radius 3 is 2.56 bits per heavy atom. The Labute approximate surface area is 146 Å². The van der Waals surface area contributed by atoms with Crippen molar-refractivity contribution in [2.45, 2.75) is 53.8 Å². The van der Waals surface area contributed by atoms with Crippen molar-refractivity contribution in [3.63, 3.8) is 0 Å². The van der Waals surface area contributed by atoms with Gasteiger partial charge in [0.2, 0.25) is 5.91 Å². The zero-order chi connectivity index (χ0) is 18.7. The molecule has 1 amide bonds. The van der Waals surface area contributed by atoms with Crippen molar-refractivity contribution < 1.29 is 9.72 Å². The Bertz CT molecular complexity index is 779. The van der Waals surface area contributed by atoms with Gasteiger partial charge in [0, 0.05) is 12.7 Å². The number of aryl methyl sites for hydroxylation is 2. The Kier molecular flexibility index (Phi) is 5.55. The van der Waals surface area contributed by atoms with Gasteiger partial charge in [0.25, 0.3) is 0 Å². The predicted octanol–water partition coefficient (Wildman–Crippen LogP) is 2.14. The van der Waals surface area contributed by atoms with E-state index in [-0.39, 0.29) is 30.1 Å².